The van der Waals surface area contributed by atoms with Gasteiger partial charge < -0.3 is 20.1 Å². The van der Waals surface area contributed by atoms with Crippen LogP contribution in [0.4, 0.5) is 11.5 Å². The number of hydrogen-bond donors (Lipinski definition) is 2. The Hall–Kier alpha value is -4.37. The number of carbonyl (C=O) groups is 1. The molecule has 0 saturated carbocycles. The second-order valence-electron chi connectivity index (χ2n) is 7.81. The molecule has 9 nitrogen and oxygen atoms in total. The summed E-state index contributed by atoms with van der Waals surface area (Å²) in [4.78, 5) is 28.6. The van der Waals surface area contributed by atoms with Gasteiger partial charge in [0.15, 0.2) is 5.75 Å². The predicted molar refractivity (Wildman–Crippen MR) is 135 cm³/mol. The van der Waals surface area contributed by atoms with Gasteiger partial charge in [-0.1, -0.05) is 18.2 Å². The Bertz CT molecular complexity index is 1360. The van der Waals surface area contributed by atoms with Crippen molar-refractivity contribution >= 4 is 34.4 Å². The molecule has 1 amide bonds. The maximum absolute atomic E-state index is 11.5. The Balaban J connectivity index is 1.49. The van der Waals surface area contributed by atoms with Gasteiger partial charge >= 0.3 is 0 Å². The standard InChI is InChI=1S/C26H26N6O3/c1-17-11-20(7-9-24(17)35-21-13-28-18(2)29-14-21)32-26-22-12-19(6-8-23(22)30-16-31-26)5-4-10-27-25(33)15-34-3/h4-9,11-14,16H,10,15H2,1-3H3,(H,27,33)(H,30,31,32). The molecule has 0 fully saturated rings. The first-order chi connectivity index (χ1) is 17.0. The number of methoxy groups -OCH3 is 1. The molecule has 35 heavy (non-hydrogen) atoms. The minimum absolute atomic E-state index is 0.0448. The van der Waals surface area contributed by atoms with Crippen LogP contribution in [0.2, 0.25) is 0 Å². The average Bonchev–Trinajstić information content (AvgIpc) is 2.85. The molecule has 2 aromatic carbocycles. The molecule has 0 radical (unpaired) electrons. The van der Waals surface area contributed by atoms with Crippen LogP contribution in [0, 0.1) is 13.8 Å². The number of carbonyl (C=O) groups excluding carboxylic acids is 1. The van der Waals surface area contributed by atoms with E-state index < -0.39 is 0 Å². The normalized spacial score (nSPS) is 11.1. The fourth-order valence-corrected chi connectivity index (χ4v) is 3.37. The summed E-state index contributed by atoms with van der Waals surface area (Å²) in [6, 6.07) is 11.7. The van der Waals surface area contributed by atoms with Gasteiger partial charge in [0.2, 0.25) is 5.91 Å². The van der Waals surface area contributed by atoms with Crippen molar-refractivity contribution in [1.82, 2.24) is 25.3 Å². The predicted octanol–water partition coefficient (Wildman–Crippen LogP) is 4.35. The smallest absolute Gasteiger partial charge is 0.246 e. The minimum Gasteiger partial charge on any atom is -0.454 e. The van der Waals surface area contributed by atoms with E-state index in [9.17, 15) is 4.79 Å². The second kappa shape index (κ2) is 11.2. The molecule has 4 aromatic rings. The largest absolute Gasteiger partial charge is 0.454 e. The van der Waals surface area contributed by atoms with E-state index in [2.05, 4.69) is 30.6 Å². The van der Waals surface area contributed by atoms with Gasteiger partial charge in [-0.3, -0.25) is 4.79 Å². The van der Waals surface area contributed by atoms with E-state index in [1.54, 1.807) is 12.4 Å². The Morgan fingerprint density at radius 1 is 1.03 bits per heavy atom. The SMILES string of the molecule is COCC(=O)NCC=Cc1ccc2ncnc(Nc3ccc(Oc4cnc(C)nc4)c(C)c3)c2c1. The number of aromatic nitrogens is 4. The molecule has 0 aliphatic rings. The fourth-order valence-electron chi connectivity index (χ4n) is 3.37. The van der Waals surface area contributed by atoms with Crippen molar-refractivity contribution in [3.8, 4) is 11.5 Å². The van der Waals surface area contributed by atoms with Crippen molar-refractivity contribution in [2.24, 2.45) is 0 Å². The lowest BCUT2D eigenvalue weighted by Crippen LogP contribution is -2.26. The van der Waals surface area contributed by atoms with E-state index >= 15 is 0 Å². The van der Waals surface area contributed by atoms with E-state index in [0.717, 1.165) is 33.5 Å². The van der Waals surface area contributed by atoms with Crippen molar-refractivity contribution in [1.29, 1.82) is 0 Å². The molecule has 0 unspecified atom stereocenters. The van der Waals surface area contributed by atoms with Crippen molar-refractivity contribution < 1.29 is 14.3 Å². The van der Waals surface area contributed by atoms with Gasteiger partial charge in [0, 0.05) is 24.7 Å². The van der Waals surface area contributed by atoms with Crippen LogP contribution in [0.25, 0.3) is 17.0 Å². The molecule has 178 valence electrons. The van der Waals surface area contributed by atoms with Crippen LogP contribution in [0.15, 0.2) is 61.2 Å². The molecule has 0 bridgehead atoms. The lowest BCUT2D eigenvalue weighted by Gasteiger charge is -2.12. The molecule has 0 spiro atoms. The summed E-state index contributed by atoms with van der Waals surface area (Å²) < 4.78 is 10.7. The maximum Gasteiger partial charge on any atom is 0.246 e. The number of aryl methyl sites for hydroxylation is 2. The number of amides is 1. The number of rotatable bonds is 9. The van der Waals surface area contributed by atoms with Gasteiger partial charge in [-0.05, 0) is 55.3 Å². The Labute approximate surface area is 203 Å². The van der Waals surface area contributed by atoms with E-state index in [1.165, 1.54) is 13.4 Å². The first-order valence-electron chi connectivity index (χ1n) is 11.0. The Morgan fingerprint density at radius 2 is 1.86 bits per heavy atom. The van der Waals surface area contributed by atoms with Crippen LogP contribution in [-0.2, 0) is 9.53 Å². The zero-order valence-electron chi connectivity index (χ0n) is 19.8. The van der Waals surface area contributed by atoms with Gasteiger partial charge in [-0.15, -0.1) is 0 Å². The molecule has 0 aliphatic carbocycles. The number of nitrogens with one attached hydrogen (secondary N) is 2. The topological polar surface area (TPSA) is 111 Å². The molecule has 0 aliphatic heterocycles. The third-order valence-electron chi connectivity index (χ3n) is 5.08. The van der Waals surface area contributed by atoms with E-state index in [-0.39, 0.29) is 12.5 Å². The van der Waals surface area contributed by atoms with Gasteiger partial charge in [0.25, 0.3) is 0 Å². The molecule has 2 aromatic heterocycles. The van der Waals surface area contributed by atoms with E-state index in [1.807, 2.05) is 62.4 Å². The minimum atomic E-state index is -0.158. The quantitative estimate of drug-likeness (QED) is 0.371. The number of nitrogens with zero attached hydrogens (tertiary/aromatic N) is 4. The summed E-state index contributed by atoms with van der Waals surface area (Å²) in [7, 11) is 1.49. The van der Waals surface area contributed by atoms with Crippen LogP contribution in [-0.4, -0.2) is 46.1 Å². The monoisotopic (exact) mass is 470 g/mol. The molecule has 2 heterocycles. The highest BCUT2D eigenvalue weighted by molar-refractivity contribution is 5.92. The number of fused-ring (bicyclic) bond motifs is 1. The first kappa shape index (κ1) is 23.8. The molecular formula is C26H26N6O3. The van der Waals surface area contributed by atoms with Gasteiger partial charge in [0.1, 0.15) is 30.3 Å². The number of hydrogen-bond acceptors (Lipinski definition) is 8. The summed E-state index contributed by atoms with van der Waals surface area (Å²) in [6.45, 7) is 4.26. The molecule has 0 atom stereocenters. The van der Waals surface area contributed by atoms with Crippen molar-refractivity contribution in [2.45, 2.75) is 13.8 Å². The third-order valence-corrected chi connectivity index (χ3v) is 5.08. The van der Waals surface area contributed by atoms with E-state index in [4.69, 9.17) is 9.47 Å². The summed E-state index contributed by atoms with van der Waals surface area (Å²) in [5.41, 5.74) is 3.62. The first-order valence-corrected chi connectivity index (χ1v) is 11.0. The van der Waals surface area contributed by atoms with Gasteiger partial charge in [0.05, 0.1) is 17.9 Å². The number of ether oxygens (including phenoxy) is 2. The molecule has 9 heteroatoms. The van der Waals surface area contributed by atoms with Crippen LogP contribution in [0.5, 0.6) is 11.5 Å². The van der Waals surface area contributed by atoms with E-state index in [0.29, 0.717) is 23.9 Å². The Kier molecular flexibility index (Phi) is 7.59. The lowest BCUT2D eigenvalue weighted by molar-refractivity contribution is -0.124. The lowest BCUT2D eigenvalue weighted by atomic mass is 10.1. The van der Waals surface area contributed by atoms with Gasteiger partial charge in [-0.2, -0.15) is 0 Å². The summed E-state index contributed by atoms with van der Waals surface area (Å²) >= 11 is 0. The maximum atomic E-state index is 11.5. The number of benzene rings is 2. The third kappa shape index (κ3) is 6.36. The highest BCUT2D eigenvalue weighted by Crippen LogP contribution is 2.29. The summed E-state index contributed by atoms with van der Waals surface area (Å²) in [6.07, 6.45) is 8.66. The zero-order chi connectivity index (χ0) is 24.6. The zero-order valence-corrected chi connectivity index (χ0v) is 19.8. The molecular weight excluding hydrogens is 444 g/mol. The molecule has 0 saturated heterocycles. The van der Waals surface area contributed by atoms with Crippen molar-refractivity contribution in [3.05, 3.63) is 78.1 Å². The molecule has 4 rings (SSSR count). The van der Waals surface area contributed by atoms with Crippen LogP contribution in [0.3, 0.4) is 0 Å². The van der Waals surface area contributed by atoms with Gasteiger partial charge in [-0.25, -0.2) is 19.9 Å². The second-order valence-corrected chi connectivity index (χ2v) is 7.81. The van der Waals surface area contributed by atoms with Crippen LogP contribution in [0.1, 0.15) is 17.0 Å². The Morgan fingerprint density at radius 3 is 2.63 bits per heavy atom. The summed E-state index contributed by atoms with van der Waals surface area (Å²) in [5, 5.41) is 7.02. The van der Waals surface area contributed by atoms with Crippen molar-refractivity contribution in [3.63, 3.8) is 0 Å². The fraction of sp³-hybridized carbons (Fsp3) is 0.192. The highest BCUT2D eigenvalue weighted by atomic mass is 16.5. The van der Waals surface area contributed by atoms with Crippen LogP contribution < -0.4 is 15.4 Å². The highest BCUT2D eigenvalue weighted by Gasteiger charge is 2.08. The van der Waals surface area contributed by atoms with Crippen molar-refractivity contribution in [2.75, 3.05) is 25.6 Å². The average molecular weight is 471 g/mol. The van der Waals surface area contributed by atoms with Crippen LogP contribution >= 0.6 is 0 Å². The number of anilines is 2. The summed E-state index contributed by atoms with van der Waals surface area (Å²) in [5.74, 6) is 2.53. The molecule has 2 N–H and O–H groups in total.